The first-order chi connectivity index (χ1) is 11.5. The number of imidazole rings is 1. The van der Waals surface area contributed by atoms with Gasteiger partial charge in [-0.1, -0.05) is 13.8 Å². The van der Waals surface area contributed by atoms with Gasteiger partial charge in [-0.3, -0.25) is 9.59 Å². The van der Waals surface area contributed by atoms with Crippen molar-refractivity contribution >= 4 is 11.8 Å². The molecule has 0 saturated heterocycles. The number of nitrogens with zero attached hydrogens (tertiary/aromatic N) is 3. The molecular weight excluding hydrogens is 304 g/mol. The fourth-order valence-corrected chi connectivity index (χ4v) is 3.22. The van der Waals surface area contributed by atoms with Crippen LogP contribution in [0, 0.1) is 0 Å². The molecule has 2 heterocycles. The molecule has 0 bridgehead atoms. The predicted molar refractivity (Wildman–Crippen MR) is 94.3 cm³/mol. The molecule has 1 aromatic rings. The van der Waals surface area contributed by atoms with Crippen LogP contribution in [0.2, 0.25) is 0 Å². The molecule has 6 nitrogen and oxygen atoms in total. The lowest BCUT2D eigenvalue weighted by molar-refractivity contribution is 0.0748. The molecule has 2 amide bonds. The summed E-state index contributed by atoms with van der Waals surface area (Å²) in [5.74, 6) is 0.160. The molecule has 1 aromatic heterocycles. The number of hydrogen-bond acceptors (Lipinski definition) is 3. The Kier molecular flexibility index (Phi) is 6.40. The number of nitrogens with one attached hydrogen (secondary N) is 1. The molecule has 0 fully saturated rings. The monoisotopic (exact) mass is 334 g/mol. The maximum Gasteiger partial charge on any atom is 0.287 e. The third kappa shape index (κ3) is 3.97. The lowest BCUT2D eigenvalue weighted by Gasteiger charge is -2.22. The summed E-state index contributed by atoms with van der Waals surface area (Å²) in [6, 6.07) is 0.0462. The molecule has 1 N–H and O–H groups in total. The van der Waals surface area contributed by atoms with Crippen LogP contribution in [0.3, 0.4) is 0 Å². The van der Waals surface area contributed by atoms with Gasteiger partial charge in [-0.05, 0) is 46.0 Å². The third-order valence-corrected chi connectivity index (χ3v) is 4.22. The number of aromatic nitrogens is 2. The van der Waals surface area contributed by atoms with Gasteiger partial charge in [0.05, 0.1) is 5.69 Å². The standard InChI is InChI=1S/C18H30N4O2/c1-5-10-21(11-6-2)18(24)15-14-9-7-8-12-22(14)16(20-15)17(23)19-13(3)4/h13H,5-12H2,1-4H3,(H,19,23). The van der Waals surface area contributed by atoms with Gasteiger partial charge >= 0.3 is 0 Å². The summed E-state index contributed by atoms with van der Waals surface area (Å²) >= 11 is 0. The maximum absolute atomic E-state index is 13.0. The van der Waals surface area contributed by atoms with Crippen LogP contribution < -0.4 is 5.32 Å². The molecule has 24 heavy (non-hydrogen) atoms. The summed E-state index contributed by atoms with van der Waals surface area (Å²) in [6.45, 7) is 10.2. The van der Waals surface area contributed by atoms with E-state index >= 15 is 0 Å². The molecule has 0 spiro atoms. The molecule has 2 rings (SSSR count). The third-order valence-electron chi connectivity index (χ3n) is 4.22. The van der Waals surface area contributed by atoms with Gasteiger partial charge in [-0.25, -0.2) is 4.98 Å². The minimum atomic E-state index is -0.190. The number of hydrogen-bond donors (Lipinski definition) is 1. The minimum absolute atomic E-state index is 0.0343. The van der Waals surface area contributed by atoms with Crippen molar-refractivity contribution < 1.29 is 9.59 Å². The van der Waals surface area contributed by atoms with Crippen molar-refractivity contribution in [2.75, 3.05) is 13.1 Å². The SMILES string of the molecule is CCCN(CCC)C(=O)c1nc(C(=O)NC(C)C)n2c1CCCC2. The van der Waals surface area contributed by atoms with Crippen LogP contribution in [-0.4, -0.2) is 45.4 Å². The van der Waals surface area contributed by atoms with E-state index in [1.54, 1.807) is 0 Å². The Morgan fingerprint density at radius 3 is 2.46 bits per heavy atom. The van der Waals surface area contributed by atoms with E-state index in [0.29, 0.717) is 11.5 Å². The van der Waals surface area contributed by atoms with Gasteiger partial charge < -0.3 is 14.8 Å². The molecule has 0 aromatic carbocycles. The van der Waals surface area contributed by atoms with Crippen LogP contribution in [0.5, 0.6) is 0 Å². The highest BCUT2D eigenvalue weighted by Gasteiger charge is 2.29. The van der Waals surface area contributed by atoms with Gasteiger partial charge in [0.15, 0.2) is 5.82 Å². The molecule has 0 saturated carbocycles. The Morgan fingerprint density at radius 2 is 1.88 bits per heavy atom. The van der Waals surface area contributed by atoms with Crippen molar-refractivity contribution in [3.63, 3.8) is 0 Å². The van der Waals surface area contributed by atoms with E-state index in [1.807, 2.05) is 23.3 Å². The molecule has 6 heteroatoms. The number of fused-ring (bicyclic) bond motifs is 1. The molecule has 0 atom stereocenters. The highest BCUT2D eigenvalue weighted by molar-refractivity contribution is 5.97. The van der Waals surface area contributed by atoms with E-state index in [1.165, 1.54) is 0 Å². The number of carbonyl (C=O) groups is 2. The van der Waals surface area contributed by atoms with E-state index < -0.39 is 0 Å². The van der Waals surface area contributed by atoms with E-state index in [-0.39, 0.29) is 17.9 Å². The van der Waals surface area contributed by atoms with Crippen LogP contribution in [0.25, 0.3) is 0 Å². The van der Waals surface area contributed by atoms with Crippen molar-refractivity contribution in [1.29, 1.82) is 0 Å². The Balaban J connectivity index is 2.37. The predicted octanol–water partition coefficient (Wildman–Crippen LogP) is 2.62. The van der Waals surface area contributed by atoms with Crippen LogP contribution in [-0.2, 0) is 13.0 Å². The Morgan fingerprint density at radius 1 is 1.21 bits per heavy atom. The Bertz CT molecular complexity index is 586. The second-order valence-corrected chi connectivity index (χ2v) is 6.76. The van der Waals surface area contributed by atoms with Gasteiger partial charge in [-0.15, -0.1) is 0 Å². The molecule has 1 aliphatic heterocycles. The fourth-order valence-electron chi connectivity index (χ4n) is 3.22. The first kappa shape index (κ1) is 18.5. The van der Waals surface area contributed by atoms with Crippen LogP contribution >= 0.6 is 0 Å². The maximum atomic E-state index is 13.0. The van der Waals surface area contributed by atoms with Crippen molar-refractivity contribution in [2.24, 2.45) is 0 Å². The topological polar surface area (TPSA) is 67.2 Å². The Hall–Kier alpha value is -1.85. The lowest BCUT2D eigenvalue weighted by atomic mass is 10.1. The van der Waals surface area contributed by atoms with Crippen molar-refractivity contribution in [2.45, 2.75) is 72.4 Å². The number of amides is 2. The summed E-state index contributed by atoms with van der Waals surface area (Å²) < 4.78 is 1.95. The second kappa shape index (κ2) is 8.31. The summed E-state index contributed by atoms with van der Waals surface area (Å²) in [6.07, 6.45) is 4.71. The van der Waals surface area contributed by atoms with Gasteiger partial charge in [0.25, 0.3) is 11.8 Å². The molecular formula is C18H30N4O2. The zero-order valence-electron chi connectivity index (χ0n) is 15.4. The number of rotatable bonds is 7. The van der Waals surface area contributed by atoms with Gasteiger partial charge in [0.1, 0.15) is 5.69 Å². The second-order valence-electron chi connectivity index (χ2n) is 6.76. The largest absolute Gasteiger partial charge is 0.347 e. The zero-order valence-corrected chi connectivity index (χ0v) is 15.4. The molecule has 0 aliphatic carbocycles. The summed E-state index contributed by atoms with van der Waals surface area (Å²) in [5, 5.41) is 2.89. The summed E-state index contributed by atoms with van der Waals surface area (Å²) in [4.78, 5) is 31.8. The summed E-state index contributed by atoms with van der Waals surface area (Å²) in [7, 11) is 0. The minimum Gasteiger partial charge on any atom is -0.347 e. The number of carbonyl (C=O) groups excluding carboxylic acids is 2. The lowest BCUT2D eigenvalue weighted by Crippen LogP contribution is -2.33. The van der Waals surface area contributed by atoms with Gasteiger partial charge in [-0.2, -0.15) is 0 Å². The normalized spacial score (nSPS) is 13.7. The summed E-state index contributed by atoms with van der Waals surface area (Å²) in [5.41, 5.74) is 1.41. The molecule has 0 unspecified atom stereocenters. The highest BCUT2D eigenvalue weighted by atomic mass is 16.2. The van der Waals surface area contributed by atoms with E-state index in [2.05, 4.69) is 24.1 Å². The van der Waals surface area contributed by atoms with Crippen molar-refractivity contribution in [1.82, 2.24) is 19.8 Å². The first-order valence-electron chi connectivity index (χ1n) is 9.19. The van der Waals surface area contributed by atoms with Crippen LogP contribution in [0.1, 0.15) is 80.2 Å². The fraction of sp³-hybridized carbons (Fsp3) is 0.722. The van der Waals surface area contributed by atoms with Crippen LogP contribution in [0.4, 0.5) is 0 Å². The van der Waals surface area contributed by atoms with Gasteiger partial charge in [0.2, 0.25) is 0 Å². The van der Waals surface area contributed by atoms with Gasteiger partial charge in [0, 0.05) is 25.7 Å². The first-order valence-corrected chi connectivity index (χ1v) is 9.19. The molecule has 0 radical (unpaired) electrons. The quantitative estimate of drug-likeness (QED) is 0.833. The van der Waals surface area contributed by atoms with E-state index in [0.717, 1.165) is 57.4 Å². The average molecular weight is 334 g/mol. The average Bonchev–Trinajstić information content (AvgIpc) is 2.93. The van der Waals surface area contributed by atoms with Crippen molar-refractivity contribution in [3.05, 3.63) is 17.2 Å². The molecule has 134 valence electrons. The highest BCUT2D eigenvalue weighted by Crippen LogP contribution is 2.22. The van der Waals surface area contributed by atoms with E-state index in [4.69, 9.17) is 0 Å². The van der Waals surface area contributed by atoms with E-state index in [9.17, 15) is 9.59 Å². The van der Waals surface area contributed by atoms with Crippen LogP contribution in [0.15, 0.2) is 0 Å². The smallest absolute Gasteiger partial charge is 0.287 e. The Labute approximate surface area is 144 Å². The zero-order chi connectivity index (χ0) is 17.7. The molecule has 1 aliphatic rings. The van der Waals surface area contributed by atoms with Crippen molar-refractivity contribution in [3.8, 4) is 0 Å².